The Balaban J connectivity index is 0.000000221. The highest BCUT2D eigenvalue weighted by Gasteiger charge is 2.08. The molecule has 110 valence electrons. The fourth-order valence-corrected chi connectivity index (χ4v) is 1.41. The number of fused-ring (bicyclic) bond motifs is 1. The van der Waals surface area contributed by atoms with Gasteiger partial charge in [-0.25, -0.2) is 4.39 Å². The van der Waals surface area contributed by atoms with E-state index in [1.165, 1.54) is 6.07 Å². The number of carbonyl (C=O) groups is 1. The molecule has 6 heteroatoms. The molecule has 1 heterocycles. The van der Waals surface area contributed by atoms with Crippen molar-refractivity contribution >= 4 is 16.9 Å². The zero-order chi connectivity index (χ0) is 15.3. The van der Waals surface area contributed by atoms with Crippen molar-refractivity contribution in [2.45, 2.75) is 40.2 Å². The lowest BCUT2D eigenvalue weighted by molar-refractivity contribution is -0.146. The zero-order valence-corrected chi connectivity index (χ0v) is 11.9. The lowest BCUT2D eigenvalue weighted by atomic mass is 10.2. The number of halogens is 1. The maximum atomic E-state index is 12.7. The molecular formula is C14H18FNO4. The summed E-state index contributed by atoms with van der Waals surface area (Å²) in [5.74, 6) is -1.20. The molecule has 0 spiro atoms. The number of phenols is 1. The van der Waals surface area contributed by atoms with E-state index in [9.17, 15) is 9.18 Å². The molecule has 0 unspecified atom stereocenters. The van der Waals surface area contributed by atoms with Crippen LogP contribution in [0.15, 0.2) is 16.7 Å². The van der Waals surface area contributed by atoms with Crippen LogP contribution in [0.3, 0.4) is 0 Å². The molecule has 0 saturated heterocycles. The van der Waals surface area contributed by atoms with E-state index >= 15 is 0 Å². The second kappa shape index (κ2) is 6.88. The molecule has 0 amide bonds. The van der Waals surface area contributed by atoms with Crippen LogP contribution in [-0.4, -0.2) is 22.3 Å². The molecule has 1 aromatic carbocycles. The summed E-state index contributed by atoms with van der Waals surface area (Å²) in [6, 6.07) is 2.42. The number of esters is 1. The van der Waals surface area contributed by atoms with Crippen LogP contribution in [0, 0.1) is 12.7 Å². The minimum atomic E-state index is -0.696. The molecule has 20 heavy (non-hydrogen) atoms. The number of hydrogen-bond acceptors (Lipinski definition) is 5. The van der Waals surface area contributed by atoms with Crippen molar-refractivity contribution in [2.24, 2.45) is 0 Å². The van der Waals surface area contributed by atoms with E-state index < -0.39 is 5.82 Å². The molecule has 0 aliphatic heterocycles. The van der Waals surface area contributed by atoms with Crippen molar-refractivity contribution in [1.29, 1.82) is 0 Å². The number of ether oxygens (including phenoxy) is 1. The summed E-state index contributed by atoms with van der Waals surface area (Å²) in [7, 11) is 0. The molecule has 2 aromatic rings. The first kappa shape index (κ1) is 15.9. The Kier molecular flexibility index (Phi) is 5.49. The highest BCUT2D eigenvalue weighted by atomic mass is 19.1. The number of aromatic hydroxyl groups is 1. The number of rotatable bonds is 2. The second-order valence-electron chi connectivity index (χ2n) is 4.46. The summed E-state index contributed by atoms with van der Waals surface area (Å²) < 4.78 is 22.3. The highest BCUT2D eigenvalue weighted by molar-refractivity contribution is 5.80. The fourth-order valence-electron chi connectivity index (χ4n) is 1.41. The minimum Gasteiger partial charge on any atom is -0.505 e. The third-order valence-corrected chi connectivity index (χ3v) is 2.38. The van der Waals surface area contributed by atoms with E-state index in [1.807, 2.05) is 13.8 Å². The van der Waals surface area contributed by atoms with E-state index in [2.05, 4.69) is 5.16 Å². The molecule has 0 radical (unpaired) electrons. The molecule has 1 N–H and O–H groups in total. The van der Waals surface area contributed by atoms with Gasteiger partial charge < -0.3 is 14.4 Å². The number of phenolic OH excluding ortho intramolecular Hbond substituents is 1. The number of nitrogens with zero attached hydrogens (tertiary/aromatic N) is 1. The van der Waals surface area contributed by atoms with E-state index in [4.69, 9.17) is 14.4 Å². The first-order valence-corrected chi connectivity index (χ1v) is 6.29. The predicted octanol–water partition coefficient (Wildman–Crippen LogP) is 3.33. The van der Waals surface area contributed by atoms with Gasteiger partial charge in [-0.15, -0.1) is 0 Å². The Labute approximate surface area is 116 Å². The Morgan fingerprint density at radius 2 is 2.15 bits per heavy atom. The first-order valence-electron chi connectivity index (χ1n) is 6.29. The molecule has 1 aromatic heterocycles. The van der Waals surface area contributed by atoms with Crippen molar-refractivity contribution in [3.63, 3.8) is 0 Å². The molecule has 0 atom stereocenters. The van der Waals surface area contributed by atoms with Crippen molar-refractivity contribution in [1.82, 2.24) is 5.16 Å². The van der Waals surface area contributed by atoms with Gasteiger partial charge >= 0.3 is 5.97 Å². The quantitative estimate of drug-likeness (QED) is 0.856. The van der Waals surface area contributed by atoms with Gasteiger partial charge in [-0.05, 0) is 26.8 Å². The van der Waals surface area contributed by atoms with Crippen LogP contribution < -0.4 is 0 Å². The van der Waals surface area contributed by atoms with Crippen LogP contribution in [0.4, 0.5) is 4.39 Å². The van der Waals surface area contributed by atoms with Crippen LogP contribution in [0.5, 0.6) is 5.75 Å². The van der Waals surface area contributed by atoms with Crippen LogP contribution in [0.25, 0.3) is 11.0 Å². The largest absolute Gasteiger partial charge is 0.505 e. The summed E-state index contributed by atoms with van der Waals surface area (Å²) >= 11 is 0. The Morgan fingerprint density at radius 3 is 2.65 bits per heavy atom. The number of benzene rings is 1. The average molecular weight is 283 g/mol. The number of carbonyl (C=O) groups excluding carboxylic acids is 1. The maximum Gasteiger partial charge on any atom is 0.305 e. The fraction of sp³-hybridized carbons (Fsp3) is 0.429. The van der Waals surface area contributed by atoms with Crippen molar-refractivity contribution in [3.8, 4) is 5.75 Å². The summed E-state index contributed by atoms with van der Waals surface area (Å²) in [5.41, 5.74) is 0.989. The molecule has 0 saturated carbocycles. The van der Waals surface area contributed by atoms with Gasteiger partial charge in [0.25, 0.3) is 0 Å². The second-order valence-corrected chi connectivity index (χ2v) is 4.46. The summed E-state index contributed by atoms with van der Waals surface area (Å²) in [6.07, 6.45) is 0.500. The molecule has 5 nitrogen and oxygen atoms in total. The van der Waals surface area contributed by atoms with Crippen LogP contribution in [-0.2, 0) is 9.53 Å². The summed E-state index contributed by atoms with van der Waals surface area (Å²) in [5, 5.41) is 13.3. The molecule has 2 rings (SSSR count). The van der Waals surface area contributed by atoms with Gasteiger partial charge in [0.15, 0.2) is 17.1 Å². The van der Waals surface area contributed by atoms with Crippen LogP contribution >= 0.6 is 0 Å². The van der Waals surface area contributed by atoms with E-state index in [0.29, 0.717) is 23.1 Å². The van der Waals surface area contributed by atoms with Gasteiger partial charge in [0, 0.05) is 17.9 Å². The van der Waals surface area contributed by atoms with Gasteiger partial charge in [-0.1, -0.05) is 12.1 Å². The predicted molar refractivity (Wildman–Crippen MR) is 71.9 cm³/mol. The lowest BCUT2D eigenvalue weighted by Crippen LogP contribution is -2.09. The van der Waals surface area contributed by atoms with Crippen molar-refractivity contribution in [2.75, 3.05) is 0 Å². The number of aryl methyl sites for hydroxylation is 1. The number of aromatic nitrogens is 1. The Hall–Kier alpha value is -2.11. The monoisotopic (exact) mass is 283 g/mol. The highest BCUT2D eigenvalue weighted by Crippen LogP contribution is 2.25. The Bertz CT molecular complexity index is 592. The van der Waals surface area contributed by atoms with Gasteiger partial charge in [0.05, 0.1) is 11.8 Å². The summed E-state index contributed by atoms with van der Waals surface area (Å²) in [6.45, 7) is 7.19. The Morgan fingerprint density at radius 1 is 1.50 bits per heavy atom. The van der Waals surface area contributed by atoms with Gasteiger partial charge in [0.2, 0.25) is 0 Å². The molecule has 0 aliphatic rings. The van der Waals surface area contributed by atoms with E-state index in [-0.39, 0.29) is 17.8 Å². The van der Waals surface area contributed by atoms with Gasteiger partial charge in [0.1, 0.15) is 0 Å². The summed E-state index contributed by atoms with van der Waals surface area (Å²) in [4.78, 5) is 10.4. The molecule has 0 fully saturated rings. The average Bonchev–Trinajstić information content (AvgIpc) is 2.71. The molecular weight excluding hydrogens is 265 g/mol. The molecule has 0 bridgehead atoms. The molecule has 0 aliphatic carbocycles. The van der Waals surface area contributed by atoms with Gasteiger partial charge in [-0.3, -0.25) is 4.79 Å². The maximum absolute atomic E-state index is 12.7. The minimum absolute atomic E-state index is 0.0300. The first-order chi connectivity index (χ1) is 9.35. The van der Waals surface area contributed by atoms with Gasteiger partial charge in [-0.2, -0.15) is 0 Å². The van der Waals surface area contributed by atoms with Crippen LogP contribution in [0.2, 0.25) is 0 Å². The third kappa shape index (κ3) is 4.22. The SMILES string of the molecule is CCC(=O)OC(C)C.Cc1noc2cc(F)c(O)cc12. The topological polar surface area (TPSA) is 72.6 Å². The van der Waals surface area contributed by atoms with E-state index in [0.717, 1.165) is 6.07 Å². The number of hydrogen-bond donors (Lipinski definition) is 1. The zero-order valence-electron chi connectivity index (χ0n) is 11.9. The van der Waals surface area contributed by atoms with Crippen LogP contribution in [0.1, 0.15) is 32.9 Å². The normalized spacial score (nSPS) is 10.3. The van der Waals surface area contributed by atoms with Crippen molar-refractivity contribution < 1.29 is 23.6 Å². The van der Waals surface area contributed by atoms with E-state index in [1.54, 1.807) is 13.8 Å². The third-order valence-electron chi connectivity index (χ3n) is 2.38. The smallest absolute Gasteiger partial charge is 0.305 e. The standard InChI is InChI=1S/C8H6FNO2.C6H12O2/c1-4-5-2-7(11)6(9)3-8(5)12-10-4;1-4-6(7)8-5(2)3/h2-3,11H,1H3;5H,4H2,1-3H3. The van der Waals surface area contributed by atoms with Crippen molar-refractivity contribution in [3.05, 3.63) is 23.6 Å². The lowest BCUT2D eigenvalue weighted by Gasteiger charge is -2.04.